The van der Waals surface area contributed by atoms with Crippen LogP contribution < -0.4 is 4.18 Å². The molecule has 0 radical (unpaired) electrons. The van der Waals surface area contributed by atoms with Crippen LogP contribution in [-0.2, 0) is 10.1 Å². The number of hydrogen-bond donors (Lipinski definition) is 1. The van der Waals surface area contributed by atoms with Crippen LogP contribution in [0.1, 0.15) is 5.56 Å². The predicted molar refractivity (Wildman–Crippen MR) is 89.3 cm³/mol. The van der Waals surface area contributed by atoms with E-state index < -0.39 is 10.1 Å². The summed E-state index contributed by atoms with van der Waals surface area (Å²) in [6.45, 7) is 1.86. The number of diazo groups is 1. The molecule has 0 heterocycles. The van der Waals surface area contributed by atoms with Gasteiger partial charge in [0.05, 0.1) is 0 Å². The van der Waals surface area contributed by atoms with Gasteiger partial charge in [-0.3, -0.25) is 0 Å². The maximum atomic E-state index is 12.4. The highest BCUT2D eigenvalue weighted by Crippen LogP contribution is 2.39. The van der Waals surface area contributed by atoms with E-state index >= 15 is 0 Å². The molecule has 3 aromatic carbocycles. The molecule has 0 aromatic heterocycles. The Morgan fingerprint density at radius 3 is 2.38 bits per heavy atom. The molecular formula is C17H13N2O4S+. The van der Waals surface area contributed by atoms with Crippen molar-refractivity contribution in [2.75, 3.05) is 0 Å². The number of fused-ring (bicyclic) bond motifs is 1. The highest BCUT2D eigenvalue weighted by Gasteiger charge is 2.21. The lowest BCUT2D eigenvalue weighted by Crippen LogP contribution is -2.09. The standard InChI is InChI=1S/C17H12N2O4S/c1-11-5-7-12(8-6-11)24(21,22)23-16-4-2-3-14-13(16)9-10-15(19-18)17(14)20/h2-10H,1H3/p+1. The van der Waals surface area contributed by atoms with Crippen LogP contribution in [0.5, 0.6) is 11.5 Å². The molecule has 6 nitrogen and oxygen atoms in total. The zero-order chi connectivity index (χ0) is 17.3. The van der Waals surface area contributed by atoms with Gasteiger partial charge in [0.1, 0.15) is 4.90 Å². The van der Waals surface area contributed by atoms with Crippen LogP contribution in [0.2, 0.25) is 0 Å². The molecule has 3 rings (SSSR count). The van der Waals surface area contributed by atoms with Gasteiger partial charge in [-0.15, -0.1) is 0 Å². The molecule has 0 aliphatic rings. The molecule has 0 aliphatic heterocycles. The largest absolute Gasteiger partial charge is 0.501 e. The predicted octanol–water partition coefficient (Wildman–Crippen LogP) is 4.11. The van der Waals surface area contributed by atoms with E-state index in [4.69, 9.17) is 9.58 Å². The molecule has 0 amide bonds. The average molecular weight is 341 g/mol. The third-order valence-electron chi connectivity index (χ3n) is 3.59. The van der Waals surface area contributed by atoms with Crippen molar-refractivity contribution in [1.82, 2.24) is 0 Å². The fraction of sp³-hybridized carbons (Fsp3) is 0.0588. The normalized spacial score (nSPS) is 11.2. The first-order valence-electron chi connectivity index (χ1n) is 7.03. The van der Waals surface area contributed by atoms with Crippen LogP contribution in [0.25, 0.3) is 15.7 Å². The zero-order valence-corrected chi connectivity index (χ0v) is 13.5. The van der Waals surface area contributed by atoms with Gasteiger partial charge in [-0.25, -0.2) is 0 Å². The van der Waals surface area contributed by atoms with Gasteiger partial charge in [0.2, 0.25) is 11.1 Å². The average Bonchev–Trinajstić information content (AvgIpc) is 2.56. The van der Waals surface area contributed by atoms with Crippen LogP contribution in [0.4, 0.5) is 5.69 Å². The molecule has 120 valence electrons. The number of phenolic OH excluding ortho intramolecular Hbond substituents is 1. The molecule has 0 fully saturated rings. The van der Waals surface area contributed by atoms with E-state index in [-0.39, 0.29) is 22.1 Å². The highest BCUT2D eigenvalue weighted by atomic mass is 32.2. The Bertz CT molecular complexity index is 1070. The summed E-state index contributed by atoms with van der Waals surface area (Å²) in [4.78, 5) is 3.01. The molecular weight excluding hydrogens is 328 g/mol. The van der Waals surface area contributed by atoms with Gasteiger partial charge < -0.3 is 9.29 Å². The Morgan fingerprint density at radius 1 is 1.00 bits per heavy atom. The smallest absolute Gasteiger partial charge is 0.426 e. The van der Waals surface area contributed by atoms with E-state index in [0.29, 0.717) is 10.8 Å². The molecule has 0 bridgehead atoms. The first kappa shape index (κ1) is 15.8. The van der Waals surface area contributed by atoms with Crippen molar-refractivity contribution in [1.29, 1.82) is 5.39 Å². The van der Waals surface area contributed by atoms with E-state index in [1.807, 2.05) is 6.92 Å². The second-order valence-corrected chi connectivity index (χ2v) is 6.78. The Hall–Kier alpha value is -3.11. The Kier molecular flexibility index (Phi) is 3.83. The Labute approximate surface area is 138 Å². The summed E-state index contributed by atoms with van der Waals surface area (Å²) in [5.74, 6) is -0.180. The minimum atomic E-state index is -4.00. The van der Waals surface area contributed by atoms with Crippen LogP contribution >= 0.6 is 0 Å². The topological polar surface area (TPSA) is 91.8 Å². The SMILES string of the molecule is Cc1ccc(S(=O)(=O)Oc2cccc3c(O)c([N+]#N)ccc23)cc1. The summed E-state index contributed by atoms with van der Waals surface area (Å²) in [6.07, 6.45) is 0. The van der Waals surface area contributed by atoms with Crippen LogP contribution in [0.15, 0.2) is 59.5 Å². The highest BCUT2D eigenvalue weighted by molar-refractivity contribution is 7.87. The van der Waals surface area contributed by atoms with Crippen molar-refractivity contribution in [3.63, 3.8) is 0 Å². The van der Waals surface area contributed by atoms with Crippen molar-refractivity contribution in [2.45, 2.75) is 11.8 Å². The maximum Gasteiger partial charge on any atom is 0.426 e. The maximum absolute atomic E-state index is 12.4. The van der Waals surface area contributed by atoms with Crippen LogP contribution in [-0.4, -0.2) is 13.5 Å². The fourth-order valence-electron chi connectivity index (χ4n) is 2.33. The summed E-state index contributed by atoms with van der Waals surface area (Å²) in [5, 5.41) is 19.6. The summed E-state index contributed by atoms with van der Waals surface area (Å²) in [7, 11) is -4.00. The third-order valence-corrected chi connectivity index (χ3v) is 4.84. The van der Waals surface area contributed by atoms with Crippen LogP contribution in [0, 0.1) is 12.3 Å². The number of phenols is 1. The van der Waals surface area contributed by atoms with Crippen molar-refractivity contribution in [3.05, 3.63) is 65.1 Å². The van der Waals surface area contributed by atoms with Gasteiger partial charge in [-0.2, -0.15) is 8.42 Å². The van der Waals surface area contributed by atoms with Gasteiger partial charge in [0.25, 0.3) is 0 Å². The summed E-state index contributed by atoms with van der Waals surface area (Å²) < 4.78 is 30.1. The van der Waals surface area contributed by atoms with E-state index in [1.165, 1.54) is 30.3 Å². The minimum Gasteiger partial charge on any atom is -0.501 e. The number of benzene rings is 3. The quantitative estimate of drug-likeness (QED) is 0.572. The number of hydrogen-bond acceptors (Lipinski definition) is 5. The Morgan fingerprint density at radius 2 is 1.71 bits per heavy atom. The van der Waals surface area contributed by atoms with Crippen molar-refractivity contribution in [2.24, 2.45) is 0 Å². The van der Waals surface area contributed by atoms with E-state index in [0.717, 1.165) is 5.56 Å². The van der Waals surface area contributed by atoms with Crippen molar-refractivity contribution >= 4 is 26.6 Å². The first-order valence-corrected chi connectivity index (χ1v) is 8.44. The molecule has 0 saturated heterocycles. The number of nitrogens with zero attached hydrogens (tertiary/aromatic N) is 2. The lowest BCUT2D eigenvalue weighted by Gasteiger charge is -2.10. The van der Waals surface area contributed by atoms with Crippen LogP contribution in [0.3, 0.4) is 0 Å². The molecule has 3 aromatic rings. The lowest BCUT2D eigenvalue weighted by atomic mass is 10.1. The molecule has 0 atom stereocenters. The van der Waals surface area contributed by atoms with E-state index in [2.05, 4.69) is 4.98 Å². The summed E-state index contributed by atoms with van der Waals surface area (Å²) >= 11 is 0. The molecule has 0 unspecified atom stereocenters. The summed E-state index contributed by atoms with van der Waals surface area (Å²) in [5.41, 5.74) is 0.922. The van der Waals surface area contributed by atoms with E-state index in [9.17, 15) is 13.5 Å². The van der Waals surface area contributed by atoms with E-state index in [1.54, 1.807) is 24.3 Å². The monoisotopic (exact) mass is 341 g/mol. The second-order valence-electron chi connectivity index (χ2n) is 5.24. The van der Waals surface area contributed by atoms with Gasteiger partial charge in [-0.1, -0.05) is 29.8 Å². The third kappa shape index (κ3) is 2.75. The second kappa shape index (κ2) is 5.83. The number of aryl methyl sites for hydroxylation is 1. The molecule has 0 aliphatic carbocycles. The minimum absolute atomic E-state index is 0.0129. The molecule has 7 heteroatoms. The zero-order valence-electron chi connectivity index (χ0n) is 12.7. The molecule has 0 saturated carbocycles. The van der Waals surface area contributed by atoms with Crippen molar-refractivity contribution in [3.8, 4) is 11.5 Å². The van der Waals surface area contributed by atoms with Gasteiger partial charge in [0.15, 0.2) is 10.7 Å². The Balaban J connectivity index is 2.09. The van der Waals surface area contributed by atoms with Gasteiger partial charge in [-0.05, 0) is 31.2 Å². The molecule has 0 spiro atoms. The molecule has 1 N–H and O–H groups in total. The van der Waals surface area contributed by atoms with Gasteiger partial charge >= 0.3 is 15.8 Å². The fourth-order valence-corrected chi connectivity index (χ4v) is 3.27. The number of rotatable bonds is 3. The summed E-state index contributed by atoms with van der Waals surface area (Å²) in [6, 6.07) is 13.8. The van der Waals surface area contributed by atoms with Gasteiger partial charge in [0, 0.05) is 16.8 Å². The first-order chi connectivity index (χ1) is 11.4. The lowest BCUT2D eigenvalue weighted by molar-refractivity contribution is 0.481. The number of aromatic hydroxyl groups is 1. The molecule has 24 heavy (non-hydrogen) atoms. The van der Waals surface area contributed by atoms with Crippen molar-refractivity contribution < 1.29 is 17.7 Å².